The second-order valence-corrected chi connectivity index (χ2v) is 6.42. The number of alkyl halides is 11. The summed E-state index contributed by atoms with van der Waals surface area (Å²) in [6.07, 6.45) is -11.1. The van der Waals surface area contributed by atoms with Crippen LogP contribution in [0.5, 0.6) is 0 Å². The topological polar surface area (TPSA) is 93.7 Å². The van der Waals surface area contributed by atoms with Crippen LogP contribution in [0.2, 0.25) is 0 Å². The molecule has 0 aromatic carbocycles. The first kappa shape index (κ1) is 27.3. The summed E-state index contributed by atoms with van der Waals surface area (Å²) in [4.78, 5) is 0. The zero-order chi connectivity index (χ0) is 20.5. The fourth-order valence-corrected chi connectivity index (χ4v) is 2.02. The van der Waals surface area contributed by atoms with Gasteiger partial charge in [-0.1, -0.05) is 6.42 Å². The van der Waals surface area contributed by atoms with Crippen molar-refractivity contribution >= 4 is 10.1 Å². The van der Waals surface area contributed by atoms with E-state index in [9.17, 15) is 61.3 Å². The lowest BCUT2D eigenvalue weighted by Crippen LogP contribution is -2.64. The largest absolute Gasteiger partial charge is 0.743 e. The van der Waals surface area contributed by atoms with Gasteiger partial charge in [0, 0.05) is 12.8 Å². The summed E-state index contributed by atoms with van der Waals surface area (Å²) in [5.74, 6) is -20.1. The zero-order valence-electron chi connectivity index (χ0n) is 12.8. The summed E-state index contributed by atoms with van der Waals surface area (Å²) in [6.45, 7) is 0. The first-order valence-corrected chi connectivity index (χ1v) is 7.65. The van der Waals surface area contributed by atoms with E-state index in [1.54, 1.807) is 0 Å². The number of halogens is 11. The predicted molar refractivity (Wildman–Crippen MR) is 64.6 cm³/mol. The molecule has 0 aliphatic rings. The molecule has 0 aromatic heterocycles. The molecule has 26 heavy (non-hydrogen) atoms. The van der Waals surface area contributed by atoms with Crippen molar-refractivity contribution in [1.29, 1.82) is 0 Å². The highest BCUT2D eigenvalue weighted by Crippen LogP contribution is 2.55. The van der Waals surface area contributed by atoms with Gasteiger partial charge < -0.3 is 10.7 Å². The Morgan fingerprint density at radius 2 is 1.04 bits per heavy atom. The molecule has 4 nitrogen and oxygen atoms in total. The monoisotopic (exact) mass is 437 g/mol. The quantitative estimate of drug-likeness (QED) is 0.315. The van der Waals surface area contributed by atoms with Crippen LogP contribution in [0.1, 0.15) is 32.1 Å². The van der Waals surface area contributed by atoms with Crippen LogP contribution in [0.4, 0.5) is 48.3 Å². The summed E-state index contributed by atoms with van der Waals surface area (Å²) in [5.41, 5.74) is 0. The van der Waals surface area contributed by atoms with Gasteiger partial charge in [0.25, 0.3) is 0 Å². The Hall–Kier alpha value is -0.900. The van der Waals surface area contributed by atoms with Crippen LogP contribution in [0, 0.1) is 0 Å². The molecule has 0 spiro atoms. The second kappa shape index (κ2) is 8.00. The smallest absolute Gasteiger partial charge is 0.402 e. The van der Waals surface area contributed by atoms with Crippen LogP contribution in [0.3, 0.4) is 0 Å². The molecule has 0 atom stereocenters. The molecule has 0 heterocycles. The number of quaternary nitrogens is 1. The summed E-state index contributed by atoms with van der Waals surface area (Å²) in [5, 5.41) is -7.04. The molecule has 0 saturated carbocycles. The SMILES string of the molecule is O=S(=O)([O-])C(F)(F)C(F)(F)C(F)(F)C(F)(F)CCCCCC(F)(F)F.[NH4+]. The van der Waals surface area contributed by atoms with Crippen LogP contribution in [0.15, 0.2) is 0 Å². The average molecular weight is 437 g/mol. The van der Waals surface area contributed by atoms with Gasteiger partial charge >= 0.3 is 29.2 Å². The van der Waals surface area contributed by atoms with Gasteiger partial charge in [0.2, 0.25) is 0 Å². The molecule has 160 valence electrons. The molecular weight excluding hydrogens is 423 g/mol. The van der Waals surface area contributed by atoms with Crippen molar-refractivity contribution in [3.8, 4) is 0 Å². The van der Waals surface area contributed by atoms with Crippen LogP contribution >= 0.6 is 0 Å². The van der Waals surface area contributed by atoms with Crippen LogP contribution in [-0.4, -0.2) is 42.2 Å². The number of hydrogen-bond donors (Lipinski definition) is 1. The Morgan fingerprint density at radius 3 is 1.38 bits per heavy atom. The van der Waals surface area contributed by atoms with Crippen molar-refractivity contribution in [2.24, 2.45) is 0 Å². The van der Waals surface area contributed by atoms with Gasteiger partial charge in [-0.15, -0.1) is 0 Å². The van der Waals surface area contributed by atoms with E-state index in [2.05, 4.69) is 0 Å². The number of hydrogen-bond acceptors (Lipinski definition) is 3. The Kier molecular flexibility index (Phi) is 8.40. The molecule has 0 unspecified atom stereocenters. The predicted octanol–water partition coefficient (Wildman–Crippen LogP) is 4.92. The van der Waals surface area contributed by atoms with Crippen LogP contribution < -0.4 is 6.15 Å². The van der Waals surface area contributed by atoms with E-state index in [1.165, 1.54) is 0 Å². The molecule has 0 rings (SSSR count). The summed E-state index contributed by atoms with van der Waals surface area (Å²) >= 11 is 0. The average Bonchev–Trinajstić information content (AvgIpc) is 2.34. The van der Waals surface area contributed by atoms with Gasteiger partial charge in [-0.25, -0.2) is 8.42 Å². The van der Waals surface area contributed by atoms with Gasteiger partial charge in [0.05, 0.1) is 0 Å². The Labute approximate surface area is 140 Å². The first-order valence-electron chi connectivity index (χ1n) is 6.24. The first-order chi connectivity index (χ1) is 10.7. The number of unbranched alkanes of at least 4 members (excludes halogenated alkanes) is 2. The van der Waals surface area contributed by atoms with Gasteiger partial charge in [-0.3, -0.25) is 0 Å². The molecule has 0 aliphatic carbocycles. The van der Waals surface area contributed by atoms with E-state index in [4.69, 9.17) is 0 Å². The maximum absolute atomic E-state index is 13.2. The third-order valence-corrected chi connectivity index (χ3v) is 3.87. The van der Waals surface area contributed by atoms with Gasteiger partial charge in [-0.2, -0.15) is 48.3 Å². The lowest BCUT2D eigenvalue weighted by atomic mass is 9.98. The van der Waals surface area contributed by atoms with Crippen molar-refractivity contribution in [1.82, 2.24) is 6.15 Å². The maximum atomic E-state index is 13.2. The van der Waals surface area contributed by atoms with Gasteiger partial charge in [0.1, 0.15) is 0 Å². The van der Waals surface area contributed by atoms with Crippen molar-refractivity contribution in [2.45, 2.75) is 61.3 Å². The molecule has 16 heteroatoms. The van der Waals surface area contributed by atoms with E-state index in [1.807, 2.05) is 0 Å². The maximum Gasteiger partial charge on any atom is 0.402 e. The summed E-state index contributed by atoms with van der Waals surface area (Å²) < 4.78 is 169. The fraction of sp³-hybridized carbons (Fsp3) is 1.00. The minimum absolute atomic E-state index is 0. The molecular formula is C10H14F11NO3S. The van der Waals surface area contributed by atoms with Crippen molar-refractivity contribution in [3.63, 3.8) is 0 Å². The van der Waals surface area contributed by atoms with E-state index in [0.29, 0.717) is 0 Å². The van der Waals surface area contributed by atoms with Crippen LogP contribution in [-0.2, 0) is 10.1 Å². The lowest BCUT2D eigenvalue weighted by Gasteiger charge is -2.37. The third kappa shape index (κ3) is 5.55. The van der Waals surface area contributed by atoms with Crippen LogP contribution in [0.25, 0.3) is 0 Å². The van der Waals surface area contributed by atoms with Gasteiger partial charge in [0.15, 0.2) is 10.1 Å². The van der Waals surface area contributed by atoms with Crippen molar-refractivity contribution in [2.75, 3.05) is 0 Å². The molecule has 0 amide bonds. The normalized spacial score (nSPS) is 14.9. The fourth-order valence-electron chi connectivity index (χ4n) is 1.58. The summed E-state index contributed by atoms with van der Waals surface area (Å²) in [6, 6.07) is 0. The van der Waals surface area contributed by atoms with E-state index < -0.39 is 71.4 Å². The lowest BCUT2D eigenvalue weighted by molar-refractivity contribution is -0.349. The summed E-state index contributed by atoms with van der Waals surface area (Å²) in [7, 11) is -7.42. The Morgan fingerprint density at radius 1 is 0.654 bits per heavy atom. The second-order valence-electron chi connectivity index (χ2n) is 5.00. The highest BCUT2D eigenvalue weighted by molar-refractivity contribution is 7.86. The molecule has 0 bridgehead atoms. The van der Waals surface area contributed by atoms with E-state index >= 15 is 0 Å². The van der Waals surface area contributed by atoms with E-state index in [0.717, 1.165) is 0 Å². The standard InChI is InChI=1S/C10H11F11O3S.H3N/c11-6(12,4-2-1-3-5-7(13,14)15)8(16,17)9(18,19)10(20,21)25(22,23)24;/h1-5H2,(H,22,23,24);1H3. The minimum atomic E-state index is -7.42. The highest BCUT2D eigenvalue weighted by Gasteiger charge is 2.82. The Bertz CT molecular complexity index is 559. The molecule has 0 aromatic rings. The molecule has 0 saturated heterocycles. The zero-order valence-corrected chi connectivity index (χ0v) is 13.6. The van der Waals surface area contributed by atoms with Crippen molar-refractivity contribution in [3.05, 3.63) is 0 Å². The minimum Gasteiger partial charge on any atom is -0.743 e. The highest BCUT2D eigenvalue weighted by atomic mass is 32.2. The molecule has 0 fully saturated rings. The van der Waals surface area contributed by atoms with Gasteiger partial charge in [-0.05, 0) is 12.8 Å². The Balaban J connectivity index is 0. The van der Waals surface area contributed by atoms with E-state index in [-0.39, 0.29) is 6.15 Å². The van der Waals surface area contributed by atoms with Crippen molar-refractivity contribution < 1.29 is 61.3 Å². The molecule has 4 N–H and O–H groups in total. The number of rotatable bonds is 9. The molecule has 0 radical (unpaired) electrons. The third-order valence-electron chi connectivity index (χ3n) is 2.98. The molecule has 0 aliphatic heterocycles.